The van der Waals surface area contributed by atoms with Crippen molar-refractivity contribution in [1.29, 1.82) is 0 Å². The average Bonchev–Trinajstić information content (AvgIpc) is 2.94. The molecule has 2 atom stereocenters. The Balaban J connectivity index is 1.83. The Hall–Kier alpha value is -4.12. The van der Waals surface area contributed by atoms with Crippen LogP contribution in [0, 0.1) is 0 Å². The van der Waals surface area contributed by atoms with Gasteiger partial charge in [-0.1, -0.05) is 60.7 Å². The largest absolute Gasteiger partial charge is 0.464 e. The van der Waals surface area contributed by atoms with Gasteiger partial charge in [-0.3, -0.25) is 4.79 Å². The second-order valence-electron chi connectivity index (χ2n) is 8.24. The van der Waals surface area contributed by atoms with E-state index in [1.54, 1.807) is 19.1 Å². The Bertz CT molecular complexity index is 1000. The summed E-state index contributed by atoms with van der Waals surface area (Å²) in [7, 11) is 0. The Morgan fingerprint density at radius 3 is 1.89 bits per heavy atom. The molecule has 11 nitrogen and oxygen atoms in total. The molecule has 0 aliphatic heterocycles. The maximum Gasteiger partial charge on any atom is 0.408 e. The first-order valence-electron chi connectivity index (χ1n) is 12.4. The van der Waals surface area contributed by atoms with Crippen LogP contribution in [0.1, 0.15) is 37.3 Å². The van der Waals surface area contributed by atoms with Crippen molar-refractivity contribution in [3.05, 3.63) is 71.8 Å². The molecule has 0 aliphatic rings. The summed E-state index contributed by atoms with van der Waals surface area (Å²) in [6, 6.07) is 16.0. The van der Waals surface area contributed by atoms with Crippen LogP contribution in [0.5, 0.6) is 0 Å². The molecule has 0 unspecified atom stereocenters. The van der Waals surface area contributed by atoms with E-state index >= 15 is 0 Å². The van der Waals surface area contributed by atoms with Gasteiger partial charge in [0.25, 0.3) is 0 Å². The van der Waals surface area contributed by atoms with E-state index in [0.29, 0.717) is 19.4 Å². The first-order valence-corrected chi connectivity index (χ1v) is 12.4. The van der Waals surface area contributed by atoms with E-state index in [1.807, 2.05) is 48.5 Å². The lowest BCUT2D eigenvalue weighted by molar-refractivity contribution is -0.148. The van der Waals surface area contributed by atoms with E-state index in [9.17, 15) is 24.3 Å². The Labute approximate surface area is 221 Å². The molecule has 0 radical (unpaired) electrons. The first kappa shape index (κ1) is 30.1. The molecule has 0 saturated carbocycles. The van der Waals surface area contributed by atoms with Gasteiger partial charge in [0.2, 0.25) is 5.91 Å². The number of carbonyl (C=O) groups is 4. The third-order valence-corrected chi connectivity index (χ3v) is 5.29. The van der Waals surface area contributed by atoms with Crippen molar-refractivity contribution in [3.63, 3.8) is 0 Å². The number of benzene rings is 2. The maximum atomic E-state index is 12.8. The Morgan fingerprint density at radius 1 is 0.763 bits per heavy atom. The summed E-state index contributed by atoms with van der Waals surface area (Å²) < 4.78 is 15.2. The molecule has 2 aromatic rings. The summed E-state index contributed by atoms with van der Waals surface area (Å²) >= 11 is 0. The second kappa shape index (κ2) is 17.4. The van der Waals surface area contributed by atoms with Crippen LogP contribution < -0.4 is 16.0 Å². The lowest BCUT2D eigenvalue weighted by Crippen LogP contribution is -2.53. The second-order valence-corrected chi connectivity index (χ2v) is 8.24. The van der Waals surface area contributed by atoms with E-state index < -0.39 is 42.8 Å². The number of aliphatic hydroxyl groups excluding tert-OH is 1. The Kier molecular flexibility index (Phi) is 13.8. The molecule has 38 heavy (non-hydrogen) atoms. The van der Waals surface area contributed by atoms with Crippen molar-refractivity contribution >= 4 is 24.1 Å². The molecular formula is C27H35N3O8. The molecule has 0 aliphatic carbocycles. The van der Waals surface area contributed by atoms with Gasteiger partial charge in [-0.05, 0) is 37.3 Å². The molecule has 0 bridgehead atoms. The fourth-order valence-corrected chi connectivity index (χ4v) is 3.31. The predicted molar refractivity (Wildman–Crippen MR) is 138 cm³/mol. The number of ether oxygens (including phenoxy) is 3. The van der Waals surface area contributed by atoms with Crippen molar-refractivity contribution in [3.8, 4) is 0 Å². The molecule has 11 heteroatoms. The number of rotatable bonds is 15. The lowest BCUT2D eigenvalue weighted by Gasteiger charge is -2.21. The van der Waals surface area contributed by atoms with Crippen molar-refractivity contribution in [1.82, 2.24) is 16.0 Å². The van der Waals surface area contributed by atoms with Gasteiger partial charge >= 0.3 is 18.2 Å². The maximum absolute atomic E-state index is 12.8. The highest BCUT2D eigenvalue weighted by molar-refractivity contribution is 5.89. The summed E-state index contributed by atoms with van der Waals surface area (Å²) in [5, 5.41) is 17.0. The highest BCUT2D eigenvalue weighted by atomic mass is 16.6. The topological polar surface area (TPSA) is 152 Å². The molecule has 0 heterocycles. The molecule has 3 amide bonds. The molecule has 0 fully saturated rings. The number of esters is 1. The zero-order valence-electron chi connectivity index (χ0n) is 21.4. The summed E-state index contributed by atoms with van der Waals surface area (Å²) in [5.74, 6) is -1.46. The molecular weight excluding hydrogens is 494 g/mol. The first-order chi connectivity index (χ1) is 18.4. The summed E-state index contributed by atoms with van der Waals surface area (Å²) in [4.78, 5) is 49.0. The summed E-state index contributed by atoms with van der Waals surface area (Å²) in [6.07, 6.45) is -0.251. The van der Waals surface area contributed by atoms with Gasteiger partial charge in [0, 0.05) is 6.54 Å². The van der Waals surface area contributed by atoms with Crippen molar-refractivity contribution in [2.24, 2.45) is 0 Å². The van der Waals surface area contributed by atoms with Crippen molar-refractivity contribution in [2.45, 2.75) is 51.5 Å². The number of hydrogen-bond donors (Lipinski definition) is 4. The zero-order chi connectivity index (χ0) is 27.6. The minimum absolute atomic E-state index is 0.0120. The molecule has 0 saturated heterocycles. The third kappa shape index (κ3) is 11.7. The van der Waals surface area contributed by atoms with Crippen LogP contribution in [-0.2, 0) is 37.0 Å². The van der Waals surface area contributed by atoms with Crippen LogP contribution in [0.2, 0.25) is 0 Å². The molecule has 4 N–H and O–H groups in total. The van der Waals surface area contributed by atoms with E-state index in [4.69, 9.17) is 14.2 Å². The van der Waals surface area contributed by atoms with Crippen molar-refractivity contribution in [2.75, 3.05) is 19.8 Å². The van der Waals surface area contributed by atoms with E-state index in [2.05, 4.69) is 16.0 Å². The fraction of sp³-hybridized carbons (Fsp3) is 0.407. The number of aliphatic hydroxyl groups is 1. The Morgan fingerprint density at radius 2 is 1.34 bits per heavy atom. The minimum Gasteiger partial charge on any atom is -0.464 e. The average molecular weight is 530 g/mol. The van der Waals surface area contributed by atoms with Crippen LogP contribution in [-0.4, -0.2) is 61.0 Å². The van der Waals surface area contributed by atoms with Crippen LogP contribution in [0.15, 0.2) is 60.7 Å². The van der Waals surface area contributed by atoms with Gasteiger partial charge in [-0.2, -0.15) is 0 Å². The number of amides is 3. The van der Waals surface area contributed by atoms with E-state index in [-0.39, 0.29) is 26.2 Å². The molecule has 206 valence electrons. The smallest absolute Gasteiger partial charge is 0.408 e. The van der Waals surface area contributed by atoms with Gasteiger partial charge < -0.3 is 35.3 Å². The highest BCUT2D eigenvalue weighted by Crippen LogP contribution is 2.06. The third-order valence-electron chi connectivity index (χ3n) is 5.29. The van der Waals surface area contributed by atoms with Gasteiger partial charge in [0.1, 0.15) is 19.3 Å². The normalized spacial score (nSPS) is 11.9. The van der Waals surface area contributed by atoms with Crippen LogP contribution in [0.3, 0.4) is 0 Å². The predicted octanol–water partition coefficient (Wildman–Crippen LogP) is 2.42. The SMILES string of the molecule is CCOC(=O)[C@@H](CO)NC(=O)[C@@H](CCCCNC(=O)OCc1ccccc1)NC(=O)OCc1ccccc1. The molecule has 0 aromatic heterocycles. The quantitative estimate of drug-likeness (QED) is 0.156. The minimum atomic E-state index is -1.27. The van der Waals surface area contributed by atoms with Crippen LogP contribution >= 0.6 is 0 Å². The van der Waals surface area contributed by atoms with Crippen LogP contribution in [0.25, 0.3) is 0 Å². The number of hydrogen-bond acceptors (Lipinski definition) is 8. The van der Waals surface area contributed by atoms with Crippen molar-refractivity contribution < 1.29 is 38.5 Å². The van der Waals surface area contributed by atoms with Crippen LogP contribution in [0.4, 0.5) is 9.59 Å². The van der Waals surface area contributed by atoms with Gasteiger partial charge in [0.05, 0.1) is 13.2 Å². The highest BCUT2D eigenvalue weighted by Gasteiger charge is 2.27. The molecule has 2 rings (SSSR count). The number of unbranched alkanes of at least 4 members (excludes halogenated alkanes) is 1. The zero-order valence-corrected chi connectivity index (χ0v) is 21.4. The standard InChI is InChI=1S/C27H35N3O8/c1-2-36-25(33)23(17-31)29-24(32)22(30-27(35)38-19-21-13-7-4-8-14-21)15-9-10-16-28-26(34)37-18-20-11-5-3-6-12-20/h3-8,11-14,22-23,31H,2,9-10,15-19H2,1H3,(H,28,34)(H,29,32)(H,30,35)/t22-,23-/m1/s1. The number of carbonyl (C=O) groups excluding carboxylic acids is 4. The summed E-state index contributed by atoms with van der Waals surface area (Å²) in [5.41, 5.74) is 1.64. The summed E-state index contributed by atoms with van der Waals surface area (Å²) in [6.45, 7) is 1.48. The molecule has 2 aromatic carbocycles. The fourth-order valence-electron chi connectivity index (χ4n) is 3.31. The van der Waals surface area contributed by atoms with E-state index in [1.165, 1.54) is 0 Å². The van der Waals surface area contributed by atoms with Gasteiger partial charge in [0.15, 0.2) is 6.04 Å². The molecule has 0 spiro atoms. The number of nitrogens with one attached hydrogen (secondary N) is 3. The lowest BCUT2D eigenvalue weighted by atomic mass is 10.1. The van der Waals surface area contributed by atoms with E-state index in [0.717, 1.165) is 11.1 Å². The van der Waals surface area contributed by atoms with Gasteiger partial charge in [-0.15, -0.1) is 0 Å². The number of alkyl carbamates (subject to hydrolysis) is 2. The van der Waals surface area contributed by atoms with Gasteiger partial charge in [-0.25, -0.2) is 14.4 Å². The monoisotopic (exact) mass is 529 g/mol.